The molecule has 148 valence electrons. The topological polar surface area (TPSA) is 61.4 Å². The van der Waals surface area contributed by atoms with Gasteiger partial charge in [-0.1, -0.05) is 42.5 Å². The minimum absolute atomic E-state index is 0.0306. The van der Waals surface area contributed by atoms with E-state index in [4.69, 9.17) is 0 Å². The van der Waals surface area contributed by atoms with Gasteiger partial charge in [0.1, 0.15) is 0 Å². The van der Waals surface area contributed by atoms with Gasteiger partial charge in [-0.3, -0.25) is 14.5 Å². The van der Waals surface area contributed by atoms with Crippen molar-refractivity contribution in [3.05, 3.63) is 88.1 Å². The van der Waals surface area contributed by atoms with Crippen LogP contribution in [0.15, 0.2) is 71.4 Å². The van der Waals surface area contributed by atoms with Crippen molar-refractivity contribution >= 4 is 28.8 Å². The summed E-state index contributed by atoms with van der Waals surface area (Å²) in [7, 11) is 0. The molecule has 6 heteroatoms. The van der Waals surface area contributed by atoms with Crippen LogP contribution in [-0.4, -0.2) is 29.8 Å². The Balaban J connectivity index is 1.42. The quantitative estimate of drug-likeness (QED) is 0.638. The lowest BCUT2D eigenvalue weighted by molar-refractivity contribution is -0.136. The van der Waals surface area contributed by atoms with Crippen molar-refractivity contribution in [1.82, 2.24) is 10.2 Å². The molecule has 5 nitrogen and oxygen atoms in total. The molecular formula is C23H23N3O2S. The van der Waals surface area contributed by atoms with Crippen LogP contribution in [0, 0.1) is 0 Å². The highest BCUT2D eigenvalue weighted by Crippen LogP contribution is 2.28. The van der Waals surface area contributed by atoms with Gasteiger partial charge in [0.15, 0.2) is 0 Å². The minimum Gasteiger partial charge on any atom is -0.346 e. The van der Waals surface area contributed by atoms with Crippen LogP contribution in [0.4, 0.5) is 5.69 Å². The molecule has 0 bridgehead atoms. The summed E-state index contributed by atoms with van der Waals surface area (Å²) in [6.45, 7) is 2.15. The minimum atomic E-state index is -0.649. The average Bonchev–Trinajstić information content (AvgIpc) is 3.29. The lowest BCUT2D eigenvalue weighted by Gasteiger charge is -2.35. The van der Waals surface area contributed by atoms with Gasteiger partial charge < -0.3 is 10.6 Å². The van der Waals surface area contributed by atoms with Crippen LogP contribution < -0.4 is 10.6 Å². The number of fused-ring (bicyclic) bond motifs is 1. The molecule has 2 heterocycles. The summed E-state index contributed by atoms with van der Waals surface area (Å²) in [5, 5.41) is 9.61. The van der Waals surface area contributed by atoms with Crippen LogP contribution in [-0.2, 0) is 22.6 Å². The van der Waals surface area contributed by atoms with Gasteiger partial charge in [-0.15, -0.1) is 0 Å². The molecule has 1 aliphatic heterocycles. The van der Waals surface area contributed by atoms with Crippen molar-refractivity contribution in [2.75, 3.05) is 18.4 Å². The molecule has 0 aliphatic carbocycles. The summed E-state index contributed by atoms with van der Waals surface area (Å²) in [6, 6.07) is 19.6. The fraction of sp³-hybridized carbons (Fsp3) is 0.217. The first-order valence-electron chi connectivity index (χ1n) is 9.68. The van der Waals surface area contributed by atoms with Crippen LogP contribution in [0.25, 0.3) is 0 Å². The van der Waals surface area contributed by atoms with E-state index >= 15 is 0 Å². The number of nitrogens with zero attached hydrogens (tertiary/aromatic N) is 1. The highest BCUT2D eigenvalue weighted by molar-refractivity contribution is 7.08. The number of anilines is 1. The lowest BCUT2D eigenvalue weighted by Crippen LogP contribution is -2.43. The molecule has 29 heavy (non-hydrogen) atoms. The number of rotatable bonds is 5. The smallest absolute Gasteiger partial charge is 0.313 e. The number of nitrogens with one attached hydrogen (secondary N) is 2. The van der Waals surface area contributed by atoms with Crippen LogP contribution >= 0.6 is 11.3 Å². The van der Waals surface area contributed by atoms with Crippen molar-refractivity contribution in [3.8, 4) is 0 Å². The molecule has 3 aromatic rings. The Kier molecular flexibility index (Phi) is 6.03. The maximum Gasteiger partial charge on any atom is 0.313 e. The van der Waals surface area contributed by atoms with Gasteiger partial charge in [-0.05, 0) is 52.1 Å². The number of carbonyl (C=O) groups is 2. The van der Waals surface area contributed by atoms with Gasteiger partial charge in [0.05, 0.1) is 6.04 Å². The van der Waals surface area contributed by atoms with E-state index in [1.165, 1.54) is 11.1 Å². The van der Waals surface area contributed by atoms with Crippen LogP contribution in [0.2, 0.25) is 0 Å². The monoisotopic (exact) mass is 405 g/mol. The molecule has 0 saturated carbocycles. The summed E-state index contributed by atoms with van der Waals surface area (Å²) in [5.41, 5.74) is 4.49. The van der Waals surface area contributed by atoms with Gasteiger partial charge >= 0.3 is 11.8 Å². The summed E-state index contributed by atoms with van der Waals surface area (Å²) < 4.78 is 0. The van der Waals surface area contributed by atoms with Gasteiger partial charge in [-0.2, -0.15) is 11.3 Å². The van der Waals surface area contributed by atoms with Gasteiger partial charge in [0.25, 0.3) is 0 Å². The molecule has 2 aromatic carbocycles. The number of amides is 2. The predicted octanol–water partition coefficient (Wildman–Crippen LogP) is 3.60. The third kappa shape index (κ3) is 4.72. The fourth-order valence-electron chi connectivity index (χ4n) is 3.68. The first-order chi connectivity index (χ1) is 14.2. The third-order valence-electron chi connectivity index (χ3n) is 5.22. The Labute approximate surface area is 174 Å². The first kappa shape index (κ1) is 19.4. The van der Waals surface area contributed by atoms with Crippen molar-refractivity contribution in [2.45, 2.75) is 19.0 Å². The fourth-order valence-corrected chi connectivity index (χ4v) is 4.39. The summed E-state index contributed by atoms with van der Waals surface area (Å²) in [6.07, 6.45) is 0.985. The van der Waals surface area contributed by atoms with E-state index in [-0.39, 0.29) is 6.04 Å². The number of carbonyl (C=O) groups excluding carboxylic acids is 2. The molecule has 0 spiro atoms. The van der Waals surface area contributed by atoms with Crippen molar-refractivity contribution in [2.24, 2.45) is 0 Å². The van der Waals surface area contributed by atoms with Gasteiger partial charge in [0, 0.05) is 25.3 Å². The van der Waals surface area contributed by atoms with Crippen molar-refractivity contribution in [3.63, 3.8) is 0 Å². The molecule has 2 amide bonds. The summed E-state index contributed by atoms with van der Waals surface area (Å²) in [4.78, 5) is 27.0. The maximum atomic E-state index is 12.4. The van der Waals surface area contributed by atoms with E-state index in [0.717, 1.165) is 25.1 Å². The van der Waals surface area contributed by atoms with Crippen LogP contribution in [0.5, 0.6) is 0 Å². The normalized spacial score (nSPS) is 14.6. The van der Waals surface area contributed by atoms with Gasteiger partial charge in [-0.25, -0.2) is 0 Å². The van der Waals surface area contributed by atoms with E-state index in [2.05, 4.69) is 51.2 Å². The second-order valence-corrected chi connectivity index (χ2v) is 7.87. The Morgan fingerprint density at radius 1 is 0.966 bits per heavy atom. The zero-order valence-electron chi connectivity index (χ0n) is 16.0. The zero-order chi connectivity index (χ0) is 20.1. The number of hydrogen-bond donors (Lipinski definition) is 2. The van der Waals surface area contributed by atoms with E-state index in [0.29, 0.717) is 12.2 Å². The largest absolute Gasteiger partial charge is 0.346 e. The second kappa shape index (κ2) is 9.03. The van der Waals surface area contributed by atoms with E-state index in [9.17, 15) is 9.59 Å². The Bertz CT molecular complexity index is 973. The predicted molar refractivity (Wildman–Crippen MR) is 116 cm³/mol. The summed E-state index contributed by atoms with van der Waals surface area (Å²) >= 11 is 1.64. The highest BCUT2D eigenvalue weighted by atomic mass is 32.1. The second-order valence-electron chi connectivity index (χ2n) is 7.09. The van der Waals surface area contributed by atoms with Crippen LogP contribution in [0.3, 0.4) is 0 Å². The van der Waals surface area contributed by atoms with E-state index < -0.39 is 11.8 Å². The molecule has 0 radical (unpaired) electrons. The average molecular weight is 406 g/mol. The van der Waals surface area contributed by atoms with E-state index in [1.807, 2.05) is 23.6 Å². The molecule has 4 rings (SSSR count). The third-order valence-corrected chi connectivity index (χ3v) is 5.92. The lowest BCUT2D eigenvalue weighted by atomic mass is 9.97. The first-order valence-corrected chi connectivity index (χ1v) is 10.6. The number of hydrogen-bond acceptors (Lipinski definition) is 4. The SMILES string of the molecule is O=C(NCC(c1ccsc1)N1CCc2ccccc2C1)C(=O)Nc1ccccc1. The Morgan fingerprint density at radius 2 is 1.72 bits per heavy atom. The molecule has 1 aromatic heterocycles. The standard InChI is InChI=1S/C23H23N3O2S/c27-22(23(28)25-20-8-2-1-3-9-20)24-14-21(19-11-13-29-16-19)26-12-10-17-6-4-5-7-18(17)15-26/h1-9,11,13,16,21H,10,12,14-15H2,(H,24,27)(H,25,28). The molecule has 2 N–H and O–H groups in total. The summed E-state index contributed by atoms with van der Waals surface area (Å²) in [5.74, 6) is -1.27. The van der Waals surface area contributed by atoms with E-state index in [1.54, 1.807) is 23.5 Å². The van der Waals surface area contributed by atoms with Crippen molar-refractivity contribution in [1.29, 1.82) is 0 Å². The van der Waals surface area contributed by atoms with Gasteiger partial charge in [0.2, 0.25) is 0 Å². The van der Waals surface area contributed by atoms with Crippen molar-refractivity contribution < 1.29 is 9.59 Å². The maximum absolute atomic E-state index is 12.4. The Hall–Kier alpha value is -2.96. The zero-order valence-corrected chi connectivity index (χ0v) is 16.8. The molecule has 0 fully saturated rings. The number of para-hydroxylation sites is 1. The highest BCUT2D eigenvalue weighted by Gasteiger charge is 2.26. The van der Waals surface area contributed by atoms with Crippen LogP contribution in [0.1, 0.15) is 22.7 Å². The molecule has 1 aliphatic rings. The number of benzene rings is 2. The Morgan fingerprint density at radius 3 is 2.48 bits per heavy atom. The molecule has 1 unspecified atom stereocenters. The number of thiophene rings is 1. The molecule has 0 saturated heterocycles. The molecule has 1 atom stereocenters. The molecular weight excluding hydrogens is 382 g/mol.